The summed E-state index contributed by atoms with van der Waals surface area (Å²) in [6.45, 7) is 7.31. The summed E-state index contributed by atoms with van der Waals surface area (Å²) in [6, 6.07) is 17.7. The number of fused-ring (bicyclic) bond motifs is 3. The highest BCUT2D eigenvalue weighted by atomic mass is 16.5. The first-order valence-electron chi connectivity index (χ1n) is 9.10. The Kier molecular flexibility index (Phi) is 4.40. The van der Waals surface area contributed by atoms with Crippen LogP contribution in [0.1, 0.15) is 17.2 Å². The molecule has 2 aromatic rings. The molecule has 3 heterocycles. The van der Waals surface area contributed by atoms with Crippen molar-refractivity contribution in [1.82, 2.24) is 4.90 Å². The molecule has 0 spiro atoms. The third-order valence-electron chi connectivity index (χ3n) is 6.00. The predicted octanol–water partition coefficient (Wildman–Crippen LogP) is 2.94. The van der Waals surface area contributed by atoms with E-state index in [2.05, 4.69) is 53.4 Å². The average molecular weight is 339 g/mol. The molecule has 0 aliphatic carbocycles. The van der Waals surface area contributed by atoms with E-state index in [-0.39, 0.29) is 0 Å². The molecule has 3 aliphatic rings. The van der Waals surface area contributed by atoms with Crippen LogP contribution in [0.5, 0.6) is 11.5 Å². The van der Waals surface area contributed by atoms with Gasteiger partial charge in [0.25, 0.3) is 0 Å². The normalized spacial score (nSPS) is 25.2. The molecule has 0 aromatic heterocycles. The zero-order valence-electron chi connectivity index (χ0n) is 15.1. The lowest BCUT2D eigenvalue weighted by Gasteiger charge is -2.54. The third-order valence-corrected chi connectivity index (χ3v) is 6.00. The molecule has 3 fully saturated rings. The molecule has 2 bridgehead atoms. The monoisotopic (exact) mass is 339 g/mol. The van der Waals surface area contributed by atoms with Crippen molar-refractivity contribution in [2.75, 3.05) is 53.5 Å². The highest BCUT2D eigenvalue weighted by Gasteiger charge is 2.45. The molecule has 4 heteroatoms. The summed E-state index contributed by atoms with van der Waals surface area (Å²) in [5.74, 6) is 1.83. The Labute approximate surface area is 150 Å². The first-order chi connectivity index (χ1) is 12.2. The highest BCUT2D eigenvalue weighted by molar-refractivity contribution is 5.37. The fourth-order valence-corrected chi connectivity index (χ4v) is 4.48. The summed E-state index contributed by atoms with van der Waals surface area (Å²) >= 11 is 0. The second kappa shape index (κ2) is 6.70. The van der Waals surface area contributed by atoms with E-state index in [0.717, 1.165) is 16.0 Å². The molecule has 0 amide bonds. The zero-order valence-corrected chi connectivity index (χ0v) is 15.1. The van der Waals surface area contributed by atoms with Crippen LogP contribution in [0.4, 0.5) is 0 Å². The van der Waals surface area contributed by atoms with Crippen LogP contribution >= 0.6 is 0 Å². The minimum absolute atomic E-state index is 0.374. The van der Waals surface area contributed by atoms with Crippen molar-refractivity contribution in [2.45, 2.75) is 6.04 Å². The Morgan fingerprint density at radius 3 is 1.48 bits per heavy atom. The van der Waals surface area contributed by atoms with Crippen molar-refractivity contribution in [3.05, 3.63) is 59.7 Å². The predicted molar refractivity (Wildman–Crippen MR) is 99.1 cm³/mol. The highest BCUT2D eigenvalue weighted by Crippen LogP contribution is 2.39. The van der Waals surface area contributed by atoms with Gasteiger partial charge in [-0.25, -0.2) is 0 Å². The number of benzene rings is 2. The Balaban J connectivity index is 1.76. The van der Waals surface area contributed by atoms with Crippen molar-refractivity contribution >= 4 is 0 Å². The van der Waals surface area contributed by atoms with Gasteiger partial charge in [-0.3, -0.25) is 4.90 Å². The van der Waals surface area contributed by atoms with Crippen molar-refractivity contribution in [2.24, 2.45) is 0 Å². The summed E-state index contributed by atoms with van der Waals surface area (Å²) in [7, 11) is 3.45. The van der Waals surface area contributed by atoms with Gasteiger partial charge in [0.2, 0.25) is 0 Å². The van der Waals surface area contributed by atoms with Crippen molar-refractivity contribution < 1.29 is 14.0 Å². The largest absolute Gasteiger partial charge is 0.497 e. The molecule has 0 saturated carbocycles. The second-order valence-electron chi connectivity index (χ2n) is 7.18. The van der Waals surface area contributed by atoms with Gasteiger partial charge in [0.1, 0.15) is 17.5 Å². The zero-order chi connectivity index (χ0) is 17.3. The number of hydrogen-bond acceptors (Lipinski definition) is 3. The maximum absolute atomic E-state index is 5.36. The van der Waals surface area contributed by atoms with E-state index >= 15 is 0 Å². The molecule has 0 radical (unpaired) electrons. The summed E-state index contributed by atoms with van der Waals surface area (Å²) < 4.78 is 11.9. The number of methoxy groups -OCH3 is 2. The smallest absolute Gasteiger partial charge is 0.141 e. The fraction of sp³-hybridized carbons (Fsp3) is 0.429. The molecule has 3 aliphatic heterocycles. The maximum atomic E-state index is 5.36. The Bertz CT molecular complexity index is 642. The minimum atomic E-state index is 0.374. The van der Waals surface area contributed by atoms with E-state index in [1.54, 1.807) is 14.2 Å². The lowest BCUT2D eigenvalue weighted by molar-refractivity contribution is -0.963. The number of ether oxygens (including phenoxy) is 2. The van der Waals surface area contributed by atoms with Gasteiger partial charge >= 0.3 is 0 Å². The molecule has 25 heavy (non-hydrogen) atoms. The van der Waals surface area contributed by atoms with Crippen LogP contribution in [0.3, 0.4) is 0 Å². The van der Waals surface area contributed by atoms with E-state index < -0.39 is 0 Å². The molecular weight excluding hydrogens is 312 g/mol. The van der Waals surface area contributed by atoms with Crippen LogP contribution in [0, 0.1) is 0 Å². The first-order valence-corrected chi connectivity index (χ1v) is 9.10. The van der Waals surface area contributed by atoms with Gasteiger partial charge in [0.15, 0.2) is 0 Å². The number of piperazine rings is 3. The molecule has 2 aromatic carbocycles. The summed E-state index contributed by atoms with van der Waals surface area (Å²) in [4.78, 5) is 2.60. The fourth-order valence-electron chi connectivity index (χ4n) is 4.48. The van der Waals surface area contributed by atoms with E-state index in [4.69, 9.17) is 9.47 Å². The maximum Gasteiger partial charge on any atom is 0.141 e. The first kappa shape index (κ1) is 16.4. The van der Waals surface area contributed by atoms with E-state index in [1.807, 2.05) is 0 Å². The average Bonchev–Trinajstić information content (AvgIpc) is 2.70. The van der Waals surface area contributed by atoms with Crippen molar-refractivity contribution in [1.29, 1.82) is 0 Å². The van der Waals surface area contributed by atoms with Gasteiger partial charge in [-0.05, 0) is 48.5 Å². The van der Waals surface area contributed by atoms with Gasteiger partial charge in [-0.2, -0.15) is 0 Å². The second-order valence-corrected chi connectivity index (χ2v) is 7.18. The van der Waals surface area contributed by atoms with E-state index in [0.29, 0.717) is 6.04 Å². The van der Waals surface area contributed by atoms with Crippen LogP contribution in [-0.2, 0) is 0 Å². The molecule has 0 atom stereocenters. The number of hydrogen-bond donors (Lipinski definition) is 0. The number of rotatable bonds is 5. The lowest BCUT2D eigenvalue weighted by atomic mass is 9.92. The van der Waals surface area contributed by atoms with Crippen molar-refractivity contribution in [3.8, 4) is 11.5 Å². The standard InChI is InChI=1S/C21H27N2O2/c1-24-19-7-3-17(4-8-19)21(18-5-9-20(25-2)10-6-18)23-14-11-22(12-15-23)13-16-23/h3-10,21H,11-16H2,1-2H3/q+1. The summed E-state index contributed by atoms with van der Waals surface area (Å²) in [5, 5.41) is 0. The molecule has 3 saturated heterocycles. The van der Waals surface area contributed by atoms with Crippen LogP contribution < -0.4 is 9.47 Å². The number of nitrogens with zero attached hydrogens (tertiary/aromatic N) is 2. The van der Waals surface area contributed by atoms with Crippen LogP contribution in [-0.4, -0.2) is 62.9 Å². The van der Waals surface area contributed by atoms with Gasteiger partial charge in [0.05, 0.1) is 33.9 Å². The Morgan fingerprint density at radius 1 is 0.720 bits per heavy atom. The Morgan fingerprint density at radius 2 is 1.12 bits per heavy atom. The van der Waals surface area contributed by atoms with E-state index in [9.17, 15) is 0 Å². The summed E-state index contributed by atoms with van der Waals surface area (Å²) in [6.07, 6.45) is 0. The van der Waals surface area contributed by atoms with E-state index in [1.165, 1.54) is 50.4 Å². The van der Waals surface area contributed by atoms with Gasteiger partial charge in [-0.1, -0.05) is 0 Å². The minimum Gasteiger partial charge on any atom is -0.497 e. The SMILES string of the molecule is COc1ccc(C(c2ccc(OC)cc2)[N+]23CCN(CC2)CC3)cc1. The van der Waals surface area contributed by atoms with Gasteiger partial charge in [0, 0.05) is 30.8 Å². The van der Waals surface area contributed by atoms with Gasteiger partial charge in [-0.15, -0.1) is 0 Å². The molecule has 4 nitrogen and oxygen atoms in total. The van der Waals surface area contributed by atoms with Crippen LogP contribution in [0.25, 0.3) is 0 Å². The van der Waals surface area contributed by atoms with Crippen LogP contribution in [0.2, 0.25) is 0 Å². The quantitative estimate of drug-likeness (QED) is 0.782. The molecule has 0 unspecified atom stereocenters. The topological polar surface area (TPSA) is 21.7 Å². The molecule has 132 valence electrons. The number of quaternary nitrogens is 1. The third kappa shape index (κ3) is 3.00. The molecular formula is C21H27N2O2+. The lowest BCUT2D eigenvalue weighted by Crippen LogP contribution is -2.68. The van der Waals surface area contributed by atoms with Crippen LogP contribution in [0.15, 0.2) is 48.5 Å². The molecule has 0 N–H and O–H groups in total. The summed E-state index contributed by atoms with van der Waals surface area (Å²) in [5.41, 5.74) is 2.75. The van der Waals surface area contributed by atoms with Crippen molar-refractivity contribution in [3.63, 3.8) is 0 Å². The molecule has 5 rings (SSSR count). The Hall–Kier alpha value is -2.04. The van der Waals surface area contributed by atoms with Gasteiger partial charge < -0.3 is 14.0 Å².